The van der Waals surface area contributed by atoms with Gasteiger partial charge in [0.2, 0.25) is 11.7 Å². The van der Waals surface area contributed by atoms with Crippen LogP contribution in [0.15, 0.2) is 23.1 Å². The summed E-state index contributed by atoms with van der Waals surface area (Å²) in [5.41, 5.74) is 1.76. The molecule has 0 radical (unpaired) electrons. The molecule has 4 N–H and O–H groups in total. The summed E-state index contributed by atoms with van der Waals surface area (Å²) in [6, 6.07) is 1.18. The Hall–Kier alpha value is -2.68. The van der Waals surface area contributed by atoms with Gasteiger partial charge in [0.15, 0.2) is 0 Å². The van der Waals surface area contributed by atoms with Gasteiger partial charge in [0.05, 0.1) is 24.2 Å². The fourth-order valence-electron chi connectivity index (χ4n) is 3.48. The maximum atomic E-state index is 12.3. The summed E-state index contributed by atoms with van der Waals surface area (Å²) < 4.78 is 5.11. The molecule has 27 heavy (non-hydrogen) atoms. The molecule has 3 atom stereocenters. The molecule has 9 nitrogen and oxygen atoms in total. The minimum Gasteiger partial charge on any atom is -0.391 e. The van der Waals surface area contributed by atoms with Crippen molar-refractivity contribution >= 4 is 11.8 Å². The number of carbonyl (C=O) groups is 2. The van der Waals surface area contributed by atoms with Gasteiger partial charge in [0, 0.05) is 42.8 Å². The van der Waals surface area contributed by atoms with E-state index in [1.807, 2.05) is 0 Å². The molecule has 2 heterocycles. The number of nitrogens with one attached hydrogen (secondary N) is 3. The summed E-state index contributed by atoms with van der Waals surface area (Å²) in [6.45, 7) is 0.493. The summed E-state index contributed by atoms with van der Waals surface area (Å²) in [7, 11) is 0. The Kier molecular flexibility index (Phi) is 4.93. The Bertz CT molecular complexity index is 799. The zero-order valence-electron chi connectivity index (χ0n) is 14.9. The Balaban J connectivity index is 1.25. The Morgan fingerprint density at radius 3 is 2.93 bits per heavy atom. The van der Waals surface area contributed by atoms with Gasteiger partial charge in [-0.2, -0.15) is 0 Å². The van der Waals surface area contributed by atoms with Crippen LogP contribution in [0, 0.1) is 5.92 Å². The second-order valence-corrected chi connectivity index (χ2v) is 7.32. The number of nitrogens with zero attached hydrogens (tertiary/aromatic N) is 2. The smallest absolute Gasteiger partial charge is 0.290 e. The van der Waals surface area contributed by atoms with E-state index in [-0.39, 0.29) is 17.6 Å². The highest BCUT2D eigenvalue weighted by atomic mass is 16.5. The molecule has 0 spiro atoms. The van der Waals surface area contributed by atoms with Crippen molar-refractivity contribution in [2.75, 3.05) is 6.54 Å². The monoisotopic (exact) mass is 373 g/mol. The van der Waals surface area contributed by atoms with E-state index >= 15 is 0 Å². The van der Waals surface area contributed by atoms with Crippen molar-refractivity contribution in [1.29, 1.82) is 0 Å². The average molecular weight is 373 g/mol. The quantitative estimate of drug-likeness (QED) is 0.559. The van der Waals surface area contributed by atoms with Gasteiger partial charge in [-0.25, -0.2) is 4.98 Å². The van der Waals surface area contributed by atoms with Gasteiger partial charge in [-0.15, -0.1) is 0 Å². The summed E-state index contributed by atoms with van der Waals surface area (Å²) in [5.74, 6) is -0.290. The predicted molar refractivity (Wildman–Crippen MR) is 93.8 cm³/mol. The van der Waals surface area contributed by atoms with Gasteiger partial charge in [-0.1, -0.05) is 5.16 Å². The average Bonchev–Trinajstić information content (AvgIpc) is 3.05. The van der Waals surface area contributed by atoms with E-state index in [1.165, 1.54) is 0 Å². The largest absolute Gasteiger partial charge is 0.391 e. The molecule has 0 saturated heterocycles. The number of aliphatic hydroxyl groups excluding tert-OH is 1. The van der Waals surface area contributed by atoms with E-state index in [4.69, 9.17) is 4.52 Å². The molecule has 4 rings (SSSR count). The summed E-state index contributed by atoms with van der Waals surface area (Å²) >= 11 is 0. The van der Waals surface area contributed by atoms with Crippen molar-refractivity contribution in [2.24, 2.45) is 5.92 Å². The van der Waals surface area contributed by atoms with Crippen LogP contribution >= 0.6 is 0 Å². The second kappa shape index (κ2) is 7.51. The highest BCUT2D eigenvalue weighted by Crippen LogP contribution is 2.39. The van der Waals surface area contributed by atoms with Crippen LogP contribution in [-0.2, 0) is 11.2 Å². The van der Waals surface area contributed by atoms with Crippen LogP contribution in [0.4, 0.5) is 0 Å². The van der Waals surface area contributed by atoms with Crippen molar-refractivity contribution in [2.45, 2.75) is 50.2 Å². The number of aromatic amines is 1. The predicted octanol–water partition coefficient (Wildman–Crippen LogP) is 0.503. The molecule has 9 heteroatoms. The molecular weight excluding hydrogens is 350 g/mol. The molecule has 0 unspecified atom stereocenters. The number of rotatable bonds is 7. The first kappa shape index (κ1) is 17.7. The zero-order chi connectivity index (χ0) is 18.8. The third-order valence-corrected chi connectivity index (χ3v) is 5.21. The molecule has 144 valence electrons. The molecule has 2 saturated carbocycles. The van der Waals surface area contributed by atoms with Crippen LogP contribution < -0.4 is 10.6 Å². The lowest BCUT2D eigenvalue weighted by Gasteiger charge is -2.15. The number of imidazole rings is 1. The molecule has 0 bridgehead atoms. The summed E-state index contributed by atoms with van der Waals surface area (Å²) in [5, 5.41) is 19.8. The third-order valence-electron chi connectivity index (χ3n) is 5.21. The number of hydrogen-bond acceptors (Lipinski definition) is 6. The van der Waals surface area contributed by atoms with Crippen molar-refractivity contribution in [3.8, 4) is 0 Å². The second-order valence-electron chi connectivity index (χ2n) is 7.32. The Morgan fingerprint density at radius 2 is 2.19 bits per heavy atom. The van der Waals surface area contributed by atoms with Crippen LogP contribution in [-0.4, -0.2) is 50.7 Å². The van der Waals surface area contributed by atoms with Gasteiger partial charge < -0.3 is 25.2 Å². The van der Waals surface area contributed by atoms with E-state index in [0.717, 1.165) is 24.2 Å². The summed E-state index contributed by atoms with van der Waals surface area (Å²) in [6.07, 6.45) is 6.09. The van der Waals surface area contributed by atoms with Crippen LogP contribution in [0.3, 0.4) is 0 Å². The van der Waals surface area contributed by atoms with Crippen LogP contribution in [0.5, 0.6) is 0 Å². The van der Waals surface area contributed by atoms with Gasteiger partial charge in [-0.05, 0) is 25.7 Å². The van der Waals surface area contributed by atoms with Crippen LogP contribution in [0.25, 0.3) is 0 Å². The normalized spacial score (nSPS) is 24.7. The van der Waals surface area contributed by atoms with E-state index in [2.05, 4.69) is 25.8 Å². The number of hydrogen-bond donors (Lipinski definition) is 4. The van der Waals surface area contributed by atoms with Gasteiger partial charge in [0.25, 0.3) is 5.91 Å². The lowest BCUT2D eigenvalue weighted by atomic mass is 10.1. The van der Waals surface area contributed by atoms with Gasteiger partial charge in [0.1, 0.15) is 0 Å². The fourth-order valence-corrected chi connectivity index (χ4v) is 3.48. The lowest BCUT2D eigenvalue weighted by Crippen LogP contribution is -2.40. The highest BCUT2D eigenvalue weighted by Gasteiger charge is 2.38. The molecule has 0 aliphatic heterocycles. The molecule has 2 aromatic rings. The van der Waals surface area contributed by atoms with Gasteiger partial charge >= 0.3 is 0 Å². The maximum absolute atomic E-state index is 12.3. The van der Waals surface area contributed by atoms with Crippen molar-refractivity contribution in [3.63, 3.8) is 0 Å². The molecule has 0 aromatic carbocycles. The highest BCUT2D eigenvalue weighted by molar-refractivity contribution is 5.91. The van der Waals surface area contributed by atoms with Crippen LogP contribution in [0.2, 0.25) is 0 Å². The van der Waals surface area contributed by atoms with E-state index in [0.29, 0.717) is 31.7 Å². The minimum atomic E-state index is -0.761. The molecule has 2 amide bonds. The molecular formula is C18H23N5O4. The first-order valence-electron chi connectivity index (χ1n) is 9.30. The number of amides is 2. The maximum Gasteiger partial charge on any atom is 0.290 e. The third kappa shape index (κ3) is 4.19. The molecule has 2 aliphatic carbocycles. The topological polar surface area (TPSA) is 133 Å². The number of aromatic nitrogens is 3. The molecule has 2 fully saturated rings. The minimum absolute atomic E-state index is 0.110. The first-order chi connectivity index (χ1) is 13.1. The lowest BCUT2D eigenvalue weighted by molar-refractivity contribution is -0.125. The summed E-state index contributed by atoms with van der Waals surface area (Å²) in [4.78, 5) is 31.5. The number of carbonyl (C=O) groups excluding carboxylic acids is 2. The number of aliphatic hydroxyl groups is 1. The SMILES string of the molecule is O=C(N[C@@H]1C[C@H](C(=O)NCCc2cnc[nH]2)C[C@H]1O)c1cc(C2CC2)no1. The van der Waals surface area contributed by atoms with Crippen molar-refractivity contribution in [3.05, 3.63) is 35.7 Å². The Labute approximate surface area is 155 Å². The Morgan fingerprint density at radius 1 is 1.33 bits per heavy atom. The molecule has 2 aromatic heterocycles. The van der Waals surface area contributed by atoms with Crippen molar-refractivity contribution in [1.82, 2.24) is 25.8 Å². The van der Waals surface area contributed by atoms with Gasteiger partial charge in [-0.3, -0.25) is 9.59 Å². The zero-order valence-corrected chi connectivity index (χ0v) is 14.9. The first-order valence-corrected chi connectivity index (χ1v) is 9.30. The standard InChI is InChI=1S/C18H23N5O4/c24-15-6-11(17(25)20-4-3-12-8-19-9-21-12)5-14(15)22-18(26)16-7-13(23-27-16)10-1-2-10/h7-11,14-15,24H,1-6H2,(H,19,21)(H,20,25)(H,22,26)/t11-,14+,15+/m0/s1. The van der Waals surface area contributed by atoms with E-state index in [9.17, 15) is 14.7 Å². The van der Waals surface area contributed by atoms with E-state index < -0.39 is 18.1 Å². The molecule has 2 aliphatic rings. The number of H-pyrrole nitrogens is 1. The van der Waals surface area contributed by atoms with Crippen LogP contribution in [0.1, 0.15) is 53.5 Å². The fraction of sp³-hybridized carbons (Fsp3) is 0.556. The van der Waals surface area contributed by atoms with Crippen molar-refractivity contribution < 1.29 is 19.2 Å². The van der Waals surface area contributed by atoms with E-state index in [1.54, 1.807) is 18.6 Å².